The average molecular weight is 428 g/mol. The van der Waals surface area contributed by atoms with Crippen molar-refractivity contribution in [3.05, 3.63) is 46.6 Å². The lowest BCUT2D eigenvalue weighted by Gasteiger charge is -2.29. The van der Waals surface area contributed by atoms with Gasteiger partial charge in [0.15, 0.2) is 5.69 Å². The van der Waals surface area contributed by atoms with Crippen molar-refractivity contribution >= 4 is 17.5 Å². The Bertz CT molecular complexity index is 935. The van der Waals surface area contributed by atoms with Crippen LogP contribution in [0.25, 0.3) is 0 Å². The normalized spacial score (nSPS) is 21.2. The molecule has 1 saturated heterocycles. The van der Waals surface area contributed by atoms with Crippen molar-refractivity contribution in [1.82, 2.24) is 20.8 Å². The molecule has 2 N–H and O–H groups in total. The number of nitrogens with one attached hydrogen (secondary N) is 2. The molecule has 30 heavy (non-hydrogen) atoms. The lowest BCUT2D eigenvalue weighted by molar-refractivity contribution is 0.0887. The fraction of sp³-hybridized carbons (Fsp3) is 0.429. The third kappa shape index (κ3) is 4.99. The van der Waals surface area contributed by atoms with Gasteiger partial charge in [-0.15, -0.1) is 10.2 Å². The average Bonchev–Trinajstić information content (AvgIpc) is 2.73. The van der Waals surface area contributed by atoms with Gasteiger partial charge in [0.1, 0.15) is 17.9 Å². The van der Waals surface area contributed by atoms with Crippen molar-refractivity contribution in [3.63, 3.8) is 0 Å². The van der Waals surface area contributed by atoms with Crippen LogP contribution in [0.15, 0.2) is 30.3 Å². The first-order chi connectivity index (χ1) is 14.6. The van der Waals surface area contributed by atoms with Crippen LogP contribution in [0.1, 0.15) is 41.7 Å². The highest BCUT2D eigenvalue weighted by Crippen LogP contribution is 2.27. The number of carbonyl (C=O) groups excluding carboxylic acids is 1. The van der Waals surface area contributed by atoms with Crippen molar-refractivity contribution in [2.45, 2.75) is 43.9 Å². The van der Waals surface area contributed by atoms with Crippen LogP contribution in [0.3, 0.4) is 0 Å². The van der Waals surface area contributed by atoms with Gasteiger partial charge in [0.2, 0.25) is 5.88 Å². The van der Waals surface area contributed by atoms with Gasteiger partial charge < -0.3 is 20.1 Å². The number of rotatable bonds is 6. The van der Waals surface area contributed by atoms with E-state index in [4.69, 9.17) is 26.3 Å². The number of hydrogen-bond donors (Lipinski definition) is 2. The largest absolute Gasteiger partial charge is 0.490 e. The summed E-state index contributed by atoms with van der Waals surface area (Å²) in [4.78, 5) is 12.4. The molecule has 1 aromatic heterocycles. The first-order valence-electron chi connectivity index (χ1n) is 9.99. The van der Waals surface area contributed by atoms with Crippen LogP contribution in [-0.2, 0) is 0 Å². The molecule has 8 nitrogen and oxygen atoms in total. The molecule has 2 aromatic rings. The summed E-state index contributed by atoms with van der Waals surface area (Å²) >= 11 is 6.06. The fourth-order valence-electron chi connectivity index (χ4n) is 3.46. The number of hydrogen-bond acceptors (Lipinski definition) is 7. The summed E-state index contributed by atoms with van der Waals surface area (Å²) in [6, 6.07) is 10.5. The van der Waals surface area contributed by atoms with Crippen LogP contribution in [0.4, 0.5) is 0 Å². The number of carbonyl (C=O) groups is 1. The van der Waals surface area contributed by atoms with Gasteiger partial charge in [0.05, 0.1) is 16.7 Å². The van der Waals surface area contributed by atoms with Crippen molar-refractivity contribution in [1.29, 1.82) is 5.26 Å². The molecule has 1 amide bonds. The molecule has 1 aliphatic heterocycles. The number of benzene rings is 1. The molecule has 9 heteroatoms. The molecule has 0 bridgehead atoms. The second-order valence-corrected chi connectivity index (χ2v) is 7.88. The highest BCUT2D eigenvalue weighted by molar-refractivity contribution is 6.31. The summed E-state index contributed by atoms with van der Waals surface area (Å²) in [5, 5.41) is 23.4. The number of aromatic nitrogens is 2. The maximum absolute atomic E-state index is 12.4. The number of nitriles is 1. The van der Waals surface area contributed by atoms with Crippen LogP contribution in [0, 0.1) is 11.3 Å². The molecule has 0 unspecified atom stereocenters. The zero-order valence-electron chi connectivity index (χ0n) is 16.3. The van der Waals surface area contributed by atoms with E-state index in [-0.39, 0.29) is 29.9 Å². The maximum atomic E-state index is 12.4. The summed E-state index contributed by atoms with van der Waals surface area (Å²) in [5.74, 6) is 0.850. The minimum atomic E-state index is -0.234. The van der Waals surface area contributed by atoms with E-state index in [0.29, 0.717) is 22.2 Å². The van der Waals surface area contributed by atoms with Gasteiger partial charge in [-0.25, -0.2) is 0 Å². The number of nitrogens with zero attached hydrogens (tertiary/aromatic N) is 3. The van der Waals surface area contributed by atoms with Crippen molar-refractivity contribution in [3.8, 4) is 17.7 Å². The molecular weight excluding hydrogens is 406 g/mol. The maximum Gasteiger partial charge on any atom is 0.272 e. The van der Waals surface area contributed by atoms with Gasteiger partial charge in [-0.3, -0.25) is 4.79 Å². The molecule has 156 valence electrons. The van der Waals surface area contributed by atoms with Gasteiger partial charge in [0.25, 0.3) is 5.91 Å². The molecule has 1 aliphatic carbocycles. The van der Waals surface area contributed by atoms with E-state index in [1.165, 1.54) is 0 Å². The Morgan fingerprint density at radius 2 is 1.90 bits per heavy atom. The molecule has 1 aromatic carbocycles. The van der Waals surface area contributed by atoms with Crippen LogP contribution < -0.4 is 20.1 Å². The van der Waals surface area contributed by atoms with Crippen LogP contribution in [0.5, 0.6) is 11.6 Å². The standard InChI is InChI=1S/C21H22ClN5O3/c22-18-9-16(4-1-13(18)10-23)29-15-5-2-14(3-6-15)25-21(28)19-7-8-20(27-26-19)30-17-11-24-12-17/h1,4,7-9,14-15,17,24H,2-3,5-6,11-12H2,(H,25,28)/t14-,15-. The van der Waals surface area contributed by atoms with E-state index in [1.807, 2.05) is 6.07 Å². The summed E-state index contributed by atoms with van der Waals surface area (Å²) in [5.41, 5.74) is 0.706. The Morgan fingerprint density at radius 1 is 1.10 bits per heavy atom. The molecule has 2 fully saturated rings. The summed E-state index contributed by atoms with van der Waals surface area (Å²) < 4.78 is 11.6. The quantitative estimate of drug-likeness (QED) is 0.728. The van der Waals surface area contributed by atoms with Crippen LogP contribution in [0.2, 0.25) is 5.02 Å². The van der Waals surface area contributed by atoms with Gasteiger partial charge in [-0.2, -0.15) is 5.26 Å². The third-order valence-corrected chi connectivity index (χ3v) is 5.59. The molecule has 0 radical (unpaired) electrons. The number of amides is 1. The zero-order valence-corrected chi connectivity index (χ0v) is 17.1. The SMILES string of the molecule is N#Cc1ccc(O[C@H]2CC[C@H](NC(=O)c3ccc(OC4CNC4)nn3)CC2)cc1Cl. The van der Waals surface area contributed by atoms with E-state index in [2.05, 4.69) is 20.8 Å². The number of halogens is 1. The van der Waals surface area contributed by atoms with E-state index in [0.717, 1.165) is 38.8 Å². The predicted molar refractivity (Wildman–Crippen MR) is 110 cm³/mol. The van der Waals surface area contributed by atoms with Gasteiger partial charge in [0, 0.05) is 31.3 Å². The Kier molecular flexibility index (Phi) is 6.31. The molecule has 0 spiro atoms. The van der Waals surface area contributed by atoms with E-state index in [9.17, 15) is 4.79 Å². The second-order valence-electron chi connectivity index (χ2n) is 7.47. The van der Waals surface area contributed by atoms with E-state index < -0.39 is 0 Å². The Hall–Kier alpha value is -2.89. The molecule has 0 atom stereocenters. The predicted octanol–water partition coefficient (Wildman–Crippen LogP) is 2.47. The Balaban J connectivity index is 1.23. The van der Waals surface area contributed by atoms with E-state index in [1.54, 1.807) is 30.3 Å². The van der Waals surface area contributed by atoms with Gasteiger partial charge in [-0.05, 0) is 43.9 Å². The van der Waals surface area contributed by atoms with Crippen LogP contribution in [-0.4, -0.2) is 47.4 Å². The lowest BCUT2D eigenvalue weighted by Crippen LogP contribution is -2.50. The zero-order chi connectivity index (χ0) is 20.9. The first kappa shape index (κ1) is 20.4. The summed E-state index contributed by atoms with van der Waals surface area (Å²) in [6.07, 6.45) is 3.43. The molecule has 2 aliphatic rings. The monoisotopic (exact) mass is 427 g/mol. The minimum Gasteiger partial charge on any atom is -0.490 e. The Morgan fingerprint density at radius 3 is 2.50 bits per heavy atom. The van der Waals surface area contributed by atoms with Crippen molar-refractivity contribution in [2.24, 2.45) is 0 Å². The van der Waals surface area contributed by atoms with Gasteiger partial charge >= 0.3 is 0 Å². The van der Waals surface area contributed by atoms with Crippen LogP contribution >= 0.6 is 11.6 Å². The second kappa shape index (κ2) is 9.28. The third-order valence-electron chi connectivity index (χ3n) is 5.28. The minimum absolute atomic E-state index is 0.0550. The highest BCUT2D eigenvalue weighted by atomic mass is 35.5. The summed E-state index contributed by atoms with van der Waals surface area (Å²) in [6.45, 7) is 1.60. The number of ether oxygens (including phenoxy) is 2. The fourth-order valence-corrected chi connectivity index (χ4v) is 3.67. The van der Waals surface area contributed by atoms with E-state index >= 15 is 0 Å². The topological polar surface area (TPSA) is 109 Å². The first-order valence-corrected chi connectivity index (χ1v) is 10.4. The van der Waals surface area contributed by atoms with Crippen molar-refractivity contribution in [2.75, 3.05) is 13.1 Å². The summed E-state index contributed by atoms with van der Waals surface area (Å²) in [7, 11) is 0. The smallest absolute Gasteiger partial charge is 0.272 e. The Labute approximate surface area is 179 Å². The molecule has 2 heterocycles. The van der Waals surface area contributed by atoms with Crippen molar-refractivity contribution < 1.29 is 14.3 Å². The lowest BCUT2D eigenvalue weighted by atomic mass is 9.93. The molecule has 1 saturated carbocycles. The highest BCUT2D eigenvalue weighted by Gasteiger charge is 2.25. The molecular formula is C21H22ClN5O3. The van der Waals surface area contributed by atoms with Gasteiger partial charge in [-0.1, -0.05) is 11.6 Å². The molecule has 4 rings (SSSR count).